The Labute approximate surface area is 167 Å². The summed E-state index contributed by atoms with van der Waals surface area (Å²) in [5.74, 6) is 1.19. The van der Waals surface area contributed by atoms with Crippen molar-refractivity contribution in [2.45, 2.75) is 32.0 Å². The van der Waals surface area contributed by atoms with E-state index < -0.39 is 0 Å². The molecule has 0 saturated carbocycles. The van der Waals surface area contributed by atoms with Crippen molar-refractivity contribution in [2.75, 3.05) is 5.75 Å². The molecule has 4 rings (SSSR count). The van der Waals surface area contributed by atoms with Gasteiger partial charge in [0, 0.05) is 47.2 Å². The first-order valence-corrected chi connectivity index (χ1v) is 10.3. The van der Waals surface area contributed by atoms with Crippen molar-refractivity contribution in [3.05, 3.63) is 60.0 Å². The van der Waals surface area contributed by atoms with Gasteiger partial charge in [0.05, 0.1) is 5.75 Å². The fourth-order valence-corrected chi connectivity index (χ4v) is 4.23. The Bertz CT molecular complexity index is 1120. The number of ketones is 1. The highest BCUT2D eigenvalue weighted by molar-refractivity contribution is 7.99. The van der Waals surface area contributed by atoms with Gasteiger partial charge in [-0.1, -0.05) is 36.9 Å². The molecule has 6 nitrogen and oxygen atoms in total. The van der Waals surface area contributed by atoms with Gasteiger partial charge < -0.3 is 9.55 Å². The van der Waals surface area contributed by atoms with E-state index in [-0.39, 0.29) is 5.78 Å². The highest BCUT2D eigenvalue weighted by atomic mass is 32.2. The van der Waals surface area contributed by atoms with E-state index in [0.717, 1.165) is 46.0 Å². The van der Waals surface area contributed by atoms with E-state index in [0.29, 0.717) is 5.75 Å². The molecular formula is C21H21N5OS. The van der Waals surface area contributed by atoms with Gasteiger partial charge in [0.25, 0.3) is 0 Å². The first-order valence-electron chi connectivity index (χ1n) is 9.31. The number of hydrogen-bond acceptors (Lipinski definition) is 5. The smallest absolute Gasteiger partial charge is 0.191 e. The lowest BCUT2D eigenvalue weighted by atomic mass is 10.1. The zero-order valence-corrected chi connectivity index (χ0v) is 16.7. The second-order valence-electron chi connectivity index (χ2n) is 6.39. The number of aromatic nitrogens is 5. The number of aryl methyl sites for hydroxylation is 1. The Morgan fingerprint density at radius 2 is 1.96 bits per heavy atom. The van der Waals surface area contributed by atoms with E-state index in [4.69, 9.17) is 0 Å². The average Bonchev–Trinajstić information content (AvgIpc) is 3.36. The lowest BCUT2D eigenvalue weighted by Crippen LogP contribution is -2.05. The van der Waals surface area contributed by atoms with Gasteiger partial charge >= 0.3 is 0 Å². The summed E-state index contributed by atoms with van der Waals surface area (Å²) in [6.07, 6.45) is 6.22. The van der Waals surface area contributed by atoms with Crippen molar-refractivity contribution in [3.63, 3.8) is 0 Å². The number of H-pyrrole nitrogens is 1. The number of thioether (sulfide) groups is 1. The number of fused-ring (bicyclic) bond motifs is 1. The van der Waals surface area contributed by atoms with Crippen LogP contribution in [0.4, 0.5) is 0 Å². The molecule has 7 heteroatoms. The lowest BCUT2D eigenvalue weighted by Gasteiger charge is -2.07. The van der Waals surface area contributed by atoms with E-state index in [1.165, 1.54) is 17.3 Å². The van der Waals surface area contributed by atoms with Crippen LogP contribution in [0.5, 0.6) is 0 Å². The fraction of sp³-hybridized carbons (Fsp3) is 0.238. The summed E-state index contributed by atoms with van der Waals surface area (Å²) in [5, 5.41) is 10.4. The molecule has 0 bridgehead atoms. The standard InChI is InChI=1S/C21H21N5OS/c1-3-14-6-5-7-16-17(12-23-19(14)16)18(27)13-28-21-25-24-20(26(21)4-2)15-8-10-22-11-9-15/h5-12,23H,3-4,13H2,1-2H3. The predicted octanol–water partition coefficient (Wildman–Crippen LogP) is 4.38. The summed E-state index contributed by atoms with van der Waals surface area (Å²) in [6, 6.07) is 9.92. The number of nitrogens with one attached hydrogen (secondary N) is 1. The van der Waals surface area contributed by atoms with E-state index in [1.807, 2.05) is 42.0 Å². The number of aromatic amines is 1. The largest absolute Gasteiger partial charge is 0.360 e. The molecular weight excluding hydrogens is 370 g/mol. The highest BCUT2D eigenvalue weighted by Crippen LogP contribution is 2.27. The monoisotopic (exact) mass is 391 g/mol. The third-order valence-electron chi connectivity index (χ3n) is 4.79. The Hall–Kier alpha value is -2.93. The Morgan fingerprint density at radius 1 is 1.14 bits per heavy atom. The van der Waals surface area contributed by atoms with E-state index in [9.17, 15) is 4.79 Å². The Balaban J connectivity index is 1.55. The molecule has 0 radical (unpaired) electrons. The van der Waals surface area contributed by atoms with Crippen LogP contribution in [0, 0.1) is 0 Å². The normalized spacial score (nSPS) is 11.2. The van der Waals surface area contributed by atoms with Crippen LogP contribution in [0.3, 0.4) is 0 Å². The number of carbonyl (C=O) groups is 1. The molecule has 3 aromatic heterocycles. The molecule has 142 valence electrons. The minimum Gasteiger partial charge on any atom is -0.360 e. The van der Waals surface area contributed by atoms with Crippen LogP contribution in [0.1, 0.15) is 29.8 Å². The molecule has 0 fully saturated rings. The molecule has 1 N–H and O–H groups in total. The molecule has 0 saturated heterocycles. The molecule has 1 aromatic carbocycles. The molecule has 3 heterocycles. The van der Waals surface area contributed by atoms with Crippen molar-refractivity contribution >= 4 is 28.4 Å². The molecule has 28 heavy (non-hydrogen) atoms. The summed E-state index contributed by atoms with van der Waals surface area (Å²) in [5.41, 5.74) is 3.97. The molecule has 0 spiro atoms. The maximum absolute atomic E-state index is 12.9. The molecule has 0 atom stereocenters. The quantitative estimate of drug-likeness (QED) is 0.374. The number of pyridine rings is 1. The van der Waals surface area contributed by atoms with Crippen LogP contribution < -0.4 is 0 Å². The van der Waals surface area contributed by atoms with Gasteiger partial charge in [-0.15, -0.1) is 10.2 Å². The number of benzene rings is 1. The average molecular weight is 392 g/mol. The Morgan fingerprint density at radius 3 is 2.71 bits per heavy atom. The number of para-hydroxylation sites is 1. The van der Waals surface area contributed by atoms with Crippen LogP contribution >= 0.6 is 11.8 Å². The second-order valence-corrected chi connectivity index (χ2v) is 7.34. The predicted molar refractivity (Wildman–Crippen MR) is 112 cm³/mol. The highest BCUT2D eigenvalue weighted by Gasteiger charge is 2.17. The topological polar surface area (TPSA) is 76.5 Å². The van der Waals surface area contributed by atoms with Crippen molar-refractivity contribution < 1.29 is 4.79 Å². The van der Waals surface area contributed by atoms with Crippen LogP contribution in [-0.2, 0) is 13.0 Å². The van der Waals surface area contributed by atoms with Gasteiger partial charge in [-0.2, -0.15) is 0 Å². The molecule has 0 aliphatic rings. The zero-order chi connectivity index (χ0) is 19.5. The first-order chi connectivity index (χ1) is 13.7. The van der Waals surface area contributed by atoms with Gasteiger partial charge in [-0.05, 0) is 31.0 Å². The number of hydrogen-bond donors (Lipinski definition) is 1. The number of Topliss-reactive ketones (excluding diaryl/α,β-unsaturated/α-hetero) is 1. The summed E-state index contributed by atoms with van der Waals surface area (Å²) < 4.78 is 2.03. The molecule has 0 unspecified atom stereocenters. The van der Waals surface area contributed by atoms with E-state index >= 15 is 0 Å². The molecule has 0 aliphatic carbocycles. The van der Waals surface area contributed by atoms with Gasteiger partial charge in [-0.3, -0.25) is 9.78 Å². The van der Waals surface area contributed by atoms with Crippen molar-refractivity contribution in [1.82, 2.24) is 24.7 Å². The van der Waals surface area contributed by atoms with Gasteiger partial charge in [0.15, 0.2) is 16.8 Å². The summed E-state index contributed by atoms with van der Waals surface area (Å²) in [4.78, 5) is 20.2. The molecule has 0 aliphatic heterocycles. The fourth-order valence-electron chi connectivity index (χ4n) is 3.35. The molecule has 4 aromatic rings. The van der Waals surface area contributed by atoms with E-state index in [2.05, 4.69) is 33.2 Å². The number of carbonyl (C=O) groups excluding carboxylic acids is 1. The minimum atomic E-state index is 0.0839. The van der Waals surface area contributed by atoms with Crippen LogP contribution in [0.2, 0.25) is 0 Å². The lowest BCUT2D eigenvalue weighted by molar-refractivity contribution is 0.102. The van der Waals surface area contributed by atoms with Gasteiger partial charge in [0.1, 0.15) is 0 Å². The summed E-state index contributed by atoms with van der Waals surface area (Å²) >= 11 is 1.42. The number of nitrogens with zero attached hydrogens (tertiary/aromatic N) is 4. The second kappa shape index (κ2) is 7.98. The Kier molecular flexibility index (Phi) is 5.25. The van der Waals surface area contributed by atoms with Crippen molar-refractivity contribution in [3.8, 4) is 11.4 Å². The van der Waals surface area contributed by atoms with Crippen LogP contribution in [0.15, 0.2) is 54.1 Å². The maximum atomic E-state index is 12.9. The third kappa shape index (κ3) is 3.33. The van der Waals surface area contributed by atoms with Crippen molar-refractivity contribution in [2.24, 2.45) is 0 Å². The van der Waals surface area contributed by atoms with Gasteiger partial charge in [-0.25, -0.2) is 0 Å². The van der Waals surface area contributed by atoms with Crippen molar-refractivity contribution in [1.29, 1.82) is 0 Å². The molecule has 0 amide bonds. The first kappa shape index (κ1) is 18.4. The zero-order valence-electron chi connectivity index (χ0n) is 15.8. The number of rotatable bonds is 7. The maximum Gasteiger partial charge on any atom is 0.191 e. The minimum absolute atomic E-state index is 0.0839. The van der Waals surface area contributed by atoms with E-state index in [1.54, 1.807) is 12.4 Å². The summed E-state index contributed by atoms with van der Waals surface area (Å²) in [6.45, 7) is 4.89. The summed E-state index contributed by atoms with van der Waals surface area (Å²) in [7, 11) is 0. The third-order valence-corrected chi connectivity index (χ3v) is 5.75. The SMILES string of the molecule is CCc1cccc2c(C(=O)CSc3nnc(-c4ccncc4)n3CC)c[nH]c12. The van der Waals surface area contributed by atoms with Crippen LogP contribution in [0.25, 0.3) is 22.3 Å². The van der Waals surface area contributed by atoms with Gasteiger partial charge in [0.2, 0.25) is 0 Å². The van der Waals surface area contributed by atoms with Crippen LogP contribution in [-0.4, -0.2) is 36.3 Å².